The number of hydrogen-bond acceptors (Lipinski definition) is 5. The van der Waals surface area contributed by atoms with Crippen LogP contribution in [0.4, 0.5) is 0 Å². The van der Waals surface area contributed by atoms with Gasteiger partial charge in [-0.25, -0.2) is 0 Å². The fraction of sp³-hybridized carbons (Fsp3) is 0.375. The maximum Gasteiger partial charge on any atom is 0.246 e. The second kappa shape index (κ2) is 11.1. The van der Waals surface area contributed by atoms with E-state index in [1.807, 2.05) is 30.3 Å². The molecule has 0 heterocycles. The summed E-state index contributed by atoms with van der Waals surface area (Å²) in [4.78, 5) is 14.2. The molecule has 1 amide bonds. The van der Waals surface area contributed by atoms with Crippen LogP contribution in [0, 0.1) is 5.92 Å². The van der Waals surface area contributed by atoms with E-state index in [4.69, 9.17) is 18.9 Å². The third-order valence-corrected chi connectivity index (χ3v) is 4.46. The van der Waals surface area contributed by atoms with Gasteiger partial charge in [-0.1, -0.05) is 19.9 Å². The van der Waals surface area contributed by atoms with Gasteiger partial charge in [0.1, 0.15) is 11.5 Å². The highest BCUT2D eigenvalue weighted by Gasteiger charge is 2.11. The van der Waals surface area contributed by atoms with Gasteiger partial charge >= 0.3 is 0 Å². The lowest BCUT2D eigenvalue weighted by atomic mass is 10.1. The molecule has 0 spiro atoms. The van der Waals surface area contributed by atoms with Crippen LogP contribution in [0.5, 0.6) is 23.0 Å². The number of rotatable bonds is 10. The number of methoxy groups -OCH3 is 3. The van der Waals surface area contributed by atoms with E-state index in [-0.39, 0.29) is 5.91 Å². The summed E-state index contributed by atoms with van der Waals surface area (Å²) in [7, 11) is 6.56. The van der Waals surface area contributed by atoms with Gasteiger partial charge in [0.05, 0.1) is 27.9 Å². The quantitative estimate of drug-likeness (QED) is 0.540. The first-order chi connectivity index (χ1) is 14.4. The zero-order valence-corrected chi connectivity index (χ0v) is 18.6. The first-order valence-electron chi connectivity index (χ1n) is 9.82. The predicted molar refractivity (Wildman–Crippen MR) is 118 cm³/mol. The molecule has 0 aliphatic rings. The number of carbonyl (C=O) groups is 1. The van der Waals surface area contributed by atoms with Crippen LogP contribution in [0.25, 0.3) is 6.08 Å². The lowest BCUT2D eigenvalue weighted by molar-refractivity contribution is -0.125. The number of nitrogens with zero attached hydrogens (tertiary/aromatic N) is 1. The molecule has 0 atom stereocenters. The van der Waals surface area contributed by atoms with Crippen LogP contribution in [0.2, 0.25) is 0 Å². The van der Waals surface area contributed by atoms with Gasteiger partial charge in [-0.2, -0.15) is 0 Å². The van der Waals surface area contributed by atoms with Crippen molar-refractivity contribution in [2.75, 3.05) is 35.0 Å². The molecule has 2 aromatic rings. The largest absolute Gasteiger partial charge is 0.497 e. The first-order valence-corrected chi connectivity index (χ1v) is 9.82. The van der Waals surface area contributed by atoms with Crippen LogP contribution in [-0.4, -0.2) is 45.8 Å². The molecule has 2 rings (SSSR count). The van der Waals surface area contributed by atoms with E-state index in [9.17, 15) is 4.79 Å². The monoisotopic (exact) mass is 413 g/mol. The van der Waals surface area contributed by atoms with Gasteiger partial charge in [0.25, 0.3) is 0 Å². The number of ether oxygens (including phenoxy) is 4. The van der Waals surface area contributed by atoms with Crippen LogP contribution in [-0.2, 0) is 11.3 Å². The topological polar surface area (TPSA) is 57.2 Å². The highest BCUT2D eigenvalue weighted by atomic mass is 16.5. The molecule has 0 saturated carbocycles. The van der Waals surface area contributed by atoms with Gasteiger partial charge in [-0.3, -0.25) is 4.79 Å². The smallest absolute Gasteiger partial charge is 0.246 e. The van der Waals surface area contributed by atoms with Crippen LogP contribution >= 0.6 is 0 Å². The zero-order valence-electron chi connectivity index (χ0n) is 18.6. The van der Waals surface area contributed by atoms with Crippen molar-refractivity contribution in [3.63, 3.8) is 0 Å². The van der Waals surface area contributed by atoms with Crippen molar-refractivity contribution in [2.45, 2.75) is 20.4 Å². The molecule has 2 aromatic carbocycles. The second-order valence-electron chi connectivity index (χ2n) is 7.32. The molecule has 0 unspecified atom stereocenters. The average Bonchev–Trinajstić information content (AvgIpc) is 2.76. The van der Waals surface area contributed by atoms with E-state index in [0.717, 1.165) is 11.1 Å². The van der Waals surface area contributed by atoms with E-state index < -0.39 is 0 Å². The van der Waals surface area contributed by atoms with Crippen molar-refractivity contribution < 1.29 is 23.7 Å². The number of hydrogen-bond donors (Lipinski definition) is 0. The van der Waals surface area contributed by atoms with E-state index >= 15 is 0 Å². The molecule has 6 nitrogen and oxygen atoms in total. The van der Waals surface area contributed by atoms with Gasteiger partial charge in [-0.05, 0) is 41.8 Å². The Morgan fingerprint density at radius 3 is 2.33 bits per heavy atom. The Bertz CT molecular complexity index is 876. The minimum absolute atomic E-state index is 0.119. The summed E-state index contributed by atoms with van der Waals surface area (Å²) in [5.41, 5.74) is 1.75. The van der Waals surface area contributed by atoms with Crippen LogP contribution < -0.4 is 18.9 Å². The molecule has 0 aliphatic heterocycles. The Morgan fingerprint density at radius 1 is 0.967 bits per heavy atom. The van der Waals surface area contributed by atoms with Gasteiger partial charge in [-0.15, -0.1) is 0 Å². The molecule has 0 bridgehead atoms. The fourth-order valence-corrected chi connectivity index (χ4v) is 2.77. The highest BCUT2D eigenvalue weighted by molar-refractivity contribution is 5.91. The average molecular weight is 414 g/mol. The highest BCUT2D eigenvalue weighted by Crippen LogP contribution is 2.29. The number of amides is 1. The van der Waals surface area contributed by atoms with E-state index in [2.05, 4.69) is 13.8 Å². The SMILES string of the molecule is COc1ccc(CN(C)C(=O)C=Cc2ccc(OCC(C)C)c(OC)c2)c(OC)c1. The molecular weight excluding hydrogens is 382 g/mol. The second-order valence-corrected chi connectivity index (χ2v) is 7.32. The van der Waals surface area contributed by atoms with Crippen molar-refractivity contribution in [1.82, 2.24) is 4.90 Å². The van der Waals surface area contributed by atoms with Gasteiger partial charge in [0, 0.05) is 31.3 Å². The summed E-state index contributed by atoms with van der Waals surface area (Å²) in [5.74, 6) is 3.03. The lowest BCUT2D eigenvalue weighted by Crippen LogP contribution is -2.24. The van der Waals surface area contributed by atoms with E-state index in [1.54, 1.807) is 51.5 Å². The normalized spacial score (nSPS) is 10.9. The van der Waals surface area contributed by atoms with Crippen LogP contribution in [0.15, 0.2) is 42.5 Å². The molecule has 0 saturated heterocycles. The molecule has 0 aromatic heterocycles. The third kappa shape index (κ3) is 6.44. The zero-order chi connectivity index (χ0) is 22.1. The number of carbonyl (C=O) groups excluding carboxylic acids is 1. The minimum atomic E-state index is -0.119. The van der Waals surface area contributed by atoms with Crippen LogP contribution in [0.1, 0.15) is 25.0 Å². The Balaban J connectivity index is 2.06. The Hall–Kier alpha value is -3.15. The Morgan fingerprint density at radius 2 is 1.70 bits per heavy atom. The summed E-state index contributed by atoms with van der Waals surface area (Å²) in [6.45, 7) is 5.21. The van der Waals surface area contributed by atoms with Crippen molar-refractivity contribution in [3.8, 4) is 23.0 Å². The van der Waals surface area contributed by atoms with Crippen molar-refractivity contribution in [3.05, 3.63) is 53.6 Å². The summed E-state index contributed by atoms with van der Waals surface area (Å²) in [6.07, 6.45) is 3.30. The molecule has 0 fully saturated rings. The van der Waals surface area contributed by atoms with E-state index in [0.29, 0.717) is 42.1 Å². The summed E-state index contributed by atoms with van der Waals surface area (Å²) in [5, 5.41) is 0. The molecule has 162 valence electrons. The van der Waals surface area contributed by atoms with Gasteiger partial charge in [0.2, 0.25) is 5.91 Å². The standard InChI is InChI=1S/C24H31NO5/c1-17(2)16-30-21-11-7-18(13-23(21)29-6)8-12-24(26)25(3)15-19-9-10-20(27-4)14-22(19)28-5/h7-14,17H,15-16H2,1-6H3. The molecule has 30 heavy (non-hydrogen) atoms. The van der Waals surface area contributed by atoms with Gasteiger partial charge in [0.15, 0.2) is 11.5 Å². The minimum Gasteiger partial charge on any atom is -0.497 e. The number of likely N-dealkylation sites (N-methyl/N-ethyl adjacent to an activating group) is 1. The maximum atomic E-state index is 12.6. The summed E-state index contributed by atoms with van der Waals surface area (Å²) in [6, 6.07) is 11.2. The van der Waals surface area contributed by atoms with Gasteiger partial charge < -0.3 is 23.8 Å². The predicted octanol–water partition coefficient (Wildman–Crippen LogP) is 4.42. The molecule has 6 heteroatoms. The summed E-state index contributed by atoms with van der Waals surface area (Å²) < 4.78 is 21.8. The number of benzene rings is 2. The molecular formula is C24H31NO5. The first kappa shape index (κ1) is 23.1. The molecule has 0 N–H and O–H groups in total. The lowest BCUT2D eigenvalue weighted by Gasteiger charge is -2.18. The fourth-order valence-electron chi connectivity index (χ4n) is 2.77. The Kier molecular flexibility index (Phi) is 8.59. The maximum absolute atomic E-state index is 12.6. The van der Waals surface area contributed by atoms with Crippen molar-refractivity contribution in [1.29, 1.82) is 0 Å². The van der Waals surface area contributed by atoms with E-state index in [1.165, 1.54) is 0 Å². The Labute approximate surface area is 179 Å². The van der Waals surface area contributed by atoms with Crippen molar-refractivity contribution in [2.24, 2.45) is 5.92 Å². The third-order valence-electron chi connectivity index (χ3n) is 4.46. The van der Waals surface area contributed by atoms with Crippen LogP contribution in [0.3, 0.4) is 0 Å². The molecule has 0 radical (unpaired) electrons. The van der Waals surface area contributed by atoms with Crippen molar-refractivity contribution >= 4 is 12.0 Å². The molecule has 0 aliphatic carbocycles. The summed E-state index contributed by atoms with van der Waals surface area (Å²) >= 11 is 0.